The average molecular weight is 398 g/mol. The molecule has 0 radical (unpaired) electrons. The summed E-state index contributed by atoms with van der Waals surface area (Å²) in [5, 5.41) is 3.94. The lowest BCUT2D eigenvalue weighted by molar-refractivity contribution is -0.130. The van der Waals surface area contributed by atoms with Gasteiger partial charge in [-0.05, 0) is 49.2 Å². The molecule has 1 aromatic heterocycles. The molecule has 2 aromatic carbocycles. The predicted molar refractivity (Wildman–Crippen MR) is 112 cm³/mol. The molecule has 7 heteroatoms. The largest absolute Gasteiger partial charge is 0.484 e. The number of thiazole rings is 1. The quantitative estimate of drug-likeness (QED) is 0.629. The van der Waals surface area contributed by atoms with E-state index in [0.29, 0.717) is 17.9 Å². The first kappa shape index (κ1) is 19.8. The van der Waals surface area contributed by atoms with E-state index in [9.17, 15) is 9.59 Å². The number of carbonyl (C=O) groups is 2. The van der Waals surface area contributed by atoms with Crippen LogP contribution in [0.15, 0.2) is 48.5 Å². The summed E-state index contributed by atoms with van der Waals surface area (Å²) in [7, 11) is 3.36. The monoisotopic (exact) mass is 397 g/mol. The molecule has 0 aliphatic rings. The van der Waals surface area contributed by atoms with E-state index in [1.165, 1.54) is 9.60 Å². The highest BCUT2D eigenvalue weighted by molar-refractivity contribution is 7.18. The zero-order valence-corrected chi connectivity index (χ0v) is 16.8. The predicted octanol–water partition coefficient (Wildman–Crippen LogP) is 3.72. The van der Waals surface area contributed by atoms with Crippen molar-refractivity contribution in [2.75, 3.05) is 26.0 Å². The number of para-hydroxylation sites is 1. The number of hydrogen-bond acceptors (Lipinski definition) is 5. The van der Waals surface area contributed by atoms with E-state index < -0.39 is 0 Å². The molecule has 1 heterocycles. The van der Waals surface area contributed by atoms with Crippen molar-refractivity contribution in [3.63, 3.8) is 0 Å². The van der Waals surface area contributed by atoms with Crippen molar-refractivity contribution in [2.45, 2.75) is 19.3 Å². The molecule has 0 aliphatic heterocycles. The minimum atomic E-state index is -0.106. The molecule has 0 bridgehead atoms. The fraction of sp³-hybridized carbons (Fsp3) is 0.286. The van der Waals surface area contributed by atoms with Crippen LogP contribution in [0.1, 0.15) is 17.8 Å². The molecular weight excluding hydrogens is 374 g/mol. The Morgan fingerprint density at radius 3 is 2.57 bits per heavy atom. The SMILES string of the molecule is CN(C)C(=O)COc1ccc(NC(=O)CCCc2nc3ccccc3s2)cc1. The number of fused-ring (bicyclic) bond motifs is 1. The molecule has 146 valence electrons. The summed E-state index contributed by atoms with van der Waals surface area (Å²) < 4.78 is 6.60. The molecule has 1 N–H and O–H groups in total. The second-order valence-corrected chi connectivity index (χ2v) is 7.69. The highest BCUT2D eigenvalue weighted by Gasteiger charge is 2.07. The second kappa shape index (κ2) is 9.32. The Kier molecular flexibility index (Phi) is 6.60. The first-order valence-electron chi connectivity index (χ1n) is 9.08. The zero-order chi connectivity index (χ0) is 19.9. The van der Waals surface area contributed by atoms with Gasteiger partial charge < -0.3 is 15.0 Å². The average Bonchev–Trinajstić information content (AvgIpc) is 3.10. The standard InChI is InChI=1S/C21H23N3O3S/c1-24(2)21(26)14-27-16-12-10-15(11-13-16)22-19(25)8-5-9-20-23-17-6-3-4-7-18(17)28-20/h3-4,6-7,10-13H,5,8-9,14H2,1-2H3,(H,22,25). The molecule has 0 spiro atoms. The summed E-state index contributed by atoms with van der Waals surface area (Å²) in [6.07, 6.45) is 1.98. The number of carbonyl (C=O) groups excluding carboxylic acids is 2. The summed E-state index contributed by atoms with van der Waals surface area (Å²) in [5.41, 5.74) is 1.72. The van der Waals surface area contributed by atoms with E-state index in [1.807, 2.05) is 18.2 Å². The van der Waals surface area contributed by atoms with E-state index in [1.54, 1.807) is 49.7 Å². The second-order valence-electron chi connectivity index (χ2n) is 6.58. The fourth-order valence-electron chi connectivity index (χ4n) is 2.56. The van der Waals surface area contributed by atoms with Crippen LogP contribution in [0.5, 0.6) is 5.75 Å². The van der Waals surface area contributed by atoms with Crippen molar-refractivity contribution in [2.24, 2.45) is 0 Å². The molecule has 0 saturated carbocycles. The number of nitrogens with one attached hydrogen (secondary N) is 1. The Labute approximate surface area is 168 Å². The molecular formula is C21H23N3O3S. The van der Waals surface area contributed by atoms with Gasteiger partial charge in [-0.3, -0.25) is 9.59 Å². The summed E-state index contributed by atoms with van der Waals surface area (Å²) in [4.78, 5) is 29.7. The summed E-state index contributed by atoms with van der Waals surface area (Å²) in [6.45, 7) is -0.00945. The van der Waals surface area contributed by atoms with Gasteiger partial charge in [-0.25, -0.2) is 4.98 Å². The van der Waals surface area contributed by atoms with Crippen LogP contribution in [0.4, 0.5) is 5.69 Å². The van der Waals surface area contributed by atoms with E-state index in [4.69, 9.17) is 4.74 Å². The van der Waals surface area contributed by atoms with Crippen LogP contribution >= 0.6 is 11.3 Å². The normalized spacial score (nSPS) is 10.6. The fourth-order valence-corrected chi connectivity index (χ4v) is 3.57. The van der Waals surface area contributed by atoms with E-state index in [0.717, 1.165) is 23.4 Å². The zero-order valence-electron chi connectivity index (χ0n) is 16.0. The van der Waals surface area contributed by atoms with Crippen molar-refractivity contribution >= 4 is 39.1 Å². The summed E-state index contributed by atoms with van der Waals surface area (Å²) in [5.74, 6) is 0.451. The number of amides is 2. The van der Waals surface area contributed by atoms with E-state index in [-0.39, 0.29) is 18.4 Å². The Balaban J connectivity index is 1.42. The third-order valence-corrected chi connectivity index (χ3v) is 5.23. The molecule has 3 rings (SSSR count). The smallest absolute Gasteiger partial charge is 0.259 e. The molecule has 2 amide bonds. The maximum absolute atomic E-state index is 12.1. The van der Waals surface area contributed by atoms with Crippen molar-refractivity contribution < 1.29 is 14.3 Å². The third kappa shape index (κ3) is 5.53. The van der Waals surface area contributed by atoms with Crippen molar-refractivity contribution in [1.82, 2.24) is 9.88 Å². The molecule has 3 aromatic rings. The van der Waals surface area contributed by atoms with Gasteiger partial charge in [0.2, 0.25) is 5.91 Å². The van der Waals surface area contributed by atoms with Gasteiger partial charge >= 0.3 is 0 Å². The number of likely N-dealkylation sites (N-methyl/N-ethyl adjacent to an activating group) is 1. The number of aryl methyl sites for hydroxylation is 1. The molecule has 6 nitrogen and oxygen atoms in total. The van der Waals surface area contributed by atoms with Crippen LogP contribution in [-0.2, 0) is 16.0 Å². The Morgan fingerprint density at radius 1 is 1.11 bits per heavy atom. The number of hydrogen-bond donors (Lipinski definition) is 1. The molecule has 0 fully saturated rings. The van der Waals surface area contributed by atoms with Crippen LogP contribution in [0.3, 0.4) is 0 Å². The van der Waals surface area contributed by atoms with Gasteiger partial charge in [0.05, 0.1) is 15.2 Å². The van der Waals surface area contributed by atoms with Crippen molar-refractivity contribution in [1.29, 1.82) is 0 Å². The minimum Gasteiger partial charge on any atom is -0.484 e. The van der Waals surface area contributed by atoms with Gasteiger partial charge in [-0.2, -0.15) is 0 Å². The van der Waals surface area contributed by atoms with Crippen LogP contribution in [0.2, 0.25) is 0 Å². The summed E-state index contributed by atoms with van der Waals surface area (Å²) in [6, 6.07) is 15.1. The van der Waals surface area contributed by atoms with Crippen LogP contribution in [0.25, 0.3) is 10.2 Å². The molecule has 0 aliphatic carbocycles. The van der Waals surface area contributed by atoms with E-state index in [2.05, 4.69) is 16.4 Å². The molecule has 0 saturated heterocycles. The Morgan fingerprint density at radius 2 is 1.86 bits per heavy atom. The number of rotatable bonds is 8. The van der Waals surface area contributed by atoms with E-state index >= 15 is 0 Å². The minimum absolute atomic E-state index is 0.00945. The Hall–Kier alpha value is -2.93. The van der Waals surface area contributed by atoms with Gasteiger partial charge in [-0.1, -0.05) is 12.1 Å². The number of aromatic nitrogens is 1. The summed E-state index contributed by atoms with van der Waals surface area (Å²) >= 11 is 1.68. The molecule has 0 atom stereocenters. The van der Waals surface area contributed by atoms with Crippen LogP contribution < -0.4 is 10.1 Å². The maximum Gasteiger partial charge on any atom is 0.259 e. The topological polar surface area (TPSA) is 71.5 Å². The highest BCUT2D eigenvalue weighted by atomic mass is 32.1. The lowest BCUT2D eigenvalue weighted by Crippen LogP contribution is -2.27. The van der Waals surface area contributed by atoms with Gasteiger partial charge in [0.15, 0.2) is 6.61 Å². The number of anilines is 1. The number of nitrogens with zero attached hydrogens (tertiary/aromatic N) is 2. The van der Waals surface area contributed by atoms with Crippen molar-refractivity contribution in [3.8, 4) is 5.75 Å². The van der Waals surface area contributed by atoms with Gasteiger partial charge in [0.1, 0.15) is 5.75 Å². The first-order valence-corrected chi connectivity index (χ1v) is 9.90. The number of ether oxygens (including phenoxy) is 1. The van der Waals surface area contributed by atoms with Crippen molar-refractivity contribution in [3.05, 3.63) is 53.5 Å². The molecule has 0 unspecified atom stereocenters. The first-order chi connectivity index (χ1) is 13.5. The van der Waals surface area contributed by atoms with Crippen LogP contribution in [-0.4, -0.2) is 42.4 Å². The van der Waals surface area contributed by atoms with Crippen LogP contribution in [0, 0.1) is 0 Å². The highest BCUT2D eigenvalue weighted by Crippen LogP contribution is 2.23. The van der Waals surface area contributed by atoms with Gasteiger partial charge in [-0.15, -0.1) is 11.3 Å². The lowest BCUT2D eigenvalue weighted by atomic mass is 10.2. The molecule has 28 heavy (non-hydrogen) atoms. The number of benzene rings is 2. The maximum atomic E-state index is 12.1. The lowest BCUT2D eigenvalue weighted by Gasteiger charge is -2.11. The van der Waals surface area contributed by atoms with Gasteiger partial charge in [0.25, 0.3) is 5.91 Å². The Bertz CT molecular complexity index is 918. The van der Waals surface area contributed by atoms with Gasteiger partial charge in [0, 0.05) is 26.2 Å². The third-order valence-electron chi connectivity index (χ3n) is 4.13.